The summed E-state index contributed by atoms with van der Waals surface area (Å²) < 4.78 is 5.55. The molecule has 1 fully saturated rings. The van der Waals surface area contributed by atoms with Gasteiger partial charge in [-0.25, -0.2) is 0 Å². The first-order valence-corrected chi connectivity index (χ1v) is 12.0. The topological polar surface area (TPSA) is 106 Å². The highest BCUT2D eigenvalue weighted by Gasteiger charge is 2.31. The molecule has 180 valence electrons. The van der Waals surface area contributed by atoms with Gasteiger partial charge in [-0.05, 0) is 49.1 Å². The molecule has 1 saturated carbocycles. The third-order valence-corrected chi connectivity index (χ3v) is 6.15. The van der Waals surface area contributed by atoms with Gasteiger partial charge in [0.2, 0.25) is 17.6 Å². The molecular weight excluding hydrogens is 432 g/mol. The van der Waals surface area contributed by atoms with Crippen molar-refractivity contribution in [3.63, 3.8) is 0 Å². The van der Waals surface area contributed by atoms with Crippen LogP contribution in [0.5, 0.6) is 0 Å². The first-order valence-electron chi connectivity index (χ1n) is 12.0. The van der Waals surface area contributed by atoms with Gasteiger partial charge in [0, 0.05) is 12.6 Å². The Morgan fingerprint density at radius 3 is 2.62 bits per heavy atom. The molecule has 0 bridgehead atoms. The molecule has 2 aromatic heterocycles. The van der Waals surface area contributed by atoms with Crippen LogP contribution in [0.4, 0.5) is 0 Å². The van der Waals surface area contributed by atoms with Gasteiger partial charge >= 0.3 is 0 Å². The number of nitrogens with one attached hydrogen (secondary N) is 1. The summed E-state index contributed by atoms with van der Waals surface area (Å²) in [5.41, 5.74) is 0.962. The monoisotopic (exact) mass is 464 g/mol. The van der Waals surface area contributed by atoms with Crippen molar-refractivity contribution in [3.8, 4) is 11.6 Å². The molecule has 0 saturated heterocycles. The lowest BCUT2D eigenvalue weighted by Gasteiger charge is -2.32. The van der Waals surface area contributed by atoms with E-state index in [4.69, 9.17) is 4.42 Å². The predicted octanol–water partition coefficient (Wildman–Crippen LogP) is 3.50. The number of tetrazole rings is 1. The summed E-state index contributed by atoms with van der Waals surface area (Å²) in [6.45, 7) is 4.08. The van der Waals surface area contributed by atoms with Crippen molar-refractivity contribution in [2.45, 2.75) is 77.5 Å². The Bertz CT molecular complexity index is 1090. The lowest BCUT2D eigenvalue weighted by atomic mass is 10.1. The fourth-order valence-electron chi connectivity index (χ4n) is 4.40. The molecule has 34 heavy (non-hydrogen) atoms. The minimum Gasteiger partial charge on any atom is -0.458 e. The summed E-state index contributed by atoms with van der Waals surface area (Å²) in [6, 6.07) is 12.9. The maximum atomic E-state index is 13.5. The molecule has 2 heterocycles. The number of amides is 2. The van der Waals surface area contributed by atoms with E-state index in [9.17, 15) is 9.59 Å². The second-order valence-corrected chi connectivity index (χ2v) is 8.86. The van der Waals surface area contributed by atoms with Crippen LogP contribution in [-0.2, 0) is 22.7 Å². The average molecular weight is 465 g/mol. The van der Waals surface area contributed by atoms with E-state index < -0.39 is 6.04 Å². The van der Waals surface area contributed by atoms with Crippen LogP contribution >= 0.6 is 0 Å². The number of nitrogens with zero attached hydrogens (tertiary/aromatic N) is 5. The van der Waals surface area contributed by atoms with E-state index in [0.717, 1.165) is 43.4 Å². The number of hydrogen-bond acceptors (Lipinski definition) is 6. The summed E-state index contributed by atoms with van der Waals surface area (Å²) >= 11 is 0. The summed E-state index contributed by atoms with van der Waals surface area (Å²) in [4.78, 5) is 29.7. The molecule has 9 heteroatoms. The molecule has 9 nitrogen and oxygen atoms in total. The van der Waals surface area contributed by atoms with E-state index in [2.05, 4.69) is 20.7 Å². The second kappa shape index (κ2) is 11.1. The van der Waals surface area contributed by atoms with Crippen LogP contribution in [0.3, 0.4) is 0 Å². The highest BCUT2D eigenvalue weighted by atomic mass is 16.3. The van der Waals surface area contributed by atoms with E-state index in [1.54, 1.807) is 11.0 Å². The number of aryl methyl sites for hydroxylation is 1. The number of benzene rings is 1. The Kier molecular flexibility index (Phi) is 7.72. The molecule has 4 rings (SSSR count). The SMILES string of the molecule is CCC[C@H](C(=O)NC1CCCC1)N(Cc1ccccc1)C(=O)Cn1nnc(-c2ccc(C)o2)n1. The largest absolute Gasteiger partial charge is 0.458 e. The molecule has 0 aliphatic heterocycles. The molecule has 2 amide bonds. The van der Waals surface area contributed by atoms with Crippen LogP contribution < -0.4 is 5.32 Å². The minimum absolute atomic E-state index is 0.0867. The van der Waals surface area contributed by atoms with Crippen molar-refractivity contribution in [1.29, 1.82) is 0 Å². The molecule has 0 radical (unpaired) electrons. The standard InChI is InChI=1S/C25H32N6O3/c1-3-9-21(25(33)26-20-12-7-8-13-20)30(16-19-10-5-4-6-11-19)23(32)17-31-28-24(27-29-31)22-15-14-18(2)34-22/h4-6,10-11,14-15,20-21H,3,7-9,12-13,16-17H2,1-2H3,(H,26,33)/t21-/m1/s1. The van der Waals surface area contributed by atoms with Gasteiger partial charge in [-0.1, -0.05) is 56.5 Å². The number of rotatable bonds is 10. The van der Waals surface area contributed by atoms with Gasteiger partial charge in [0.15, 0.2) is 5.76 Å². The van der Waals surface area contributed by atoms with Crippen LogP contribution in [0.15, 0.2) is 46.9 Å². The van der Waals surface area contributed by atoms with Crippen molar-refractivity contribution >= 4 is 11.8 Å². The van der Waals surface area contributed by atoms with Gasteiger partial charge in [0.05, 0.1) is 0 Å². The van der Waals surface area contributed by atoms with Crippen LogP contribution in [0.25, 0.3) is 11.6 Å². The zero-order valence-corrected chi connectivity index (χ0v) is 19.8. The highest BCUT2D eigenvalue weighted by molar-refractivity contribution is 5.87. The third-order valence-electron chi connectivity index (χ3n) is 6.15. The van der Waals surface area contributed by atoms with Crippen molar-refractivity contribution in [2.24, 2.45) is 0 Å². The summed E-state index contributed by atoms with van der Waals surface area (Å²) in [5, 5.41) is 15.5. The van der Waals surface area contributed by atoms with Crippen LogP contribution in [0.1, 0.15) is 56.8 Å². The van der Waals surface area contributed by atoms with E-state index >= 15 is 0 Å². The Hall–Kier alpha value is -3.49. The predicted molar refractivity (Wildman–Crippen MR) is 126 cm³/mol. The average Bonchev–Trinajstić information content (AvgIpc) is 3.59. The van der Waals surface area contributed by atoms with Crippen LogP contribution in [0, 0.1) is 6.92 Å². The number of hydrogen-bond donors (Lipinski definition) is 1. The molecule has 3 aromatic rings. The molecule has 0 spiro atoms. The normalized spacial score (nSPS) is 14.8. The smallest absolute Gasteiger partial charge is 0.247 e. The zero-order valence-electron chi connectivity index (χ0n) is 19.8. The van der Waals surface area contributed by atoms with Gasteiger partial charge in [0.1, 0.15) is 18.3 Å². The lowest BCUT2D eigenvalue weighted by Crippen LogP contribution is -2.52. The number of aromatic nitrogens is 4. The van der Waals surface area contributed by atoms with Gasteiger partial charge in [-0.2, -0.15) is 4.80 Å². The first kappa shape index (κ1) is 23.7. The summed E-state index contributed by atoms with van der Waals surface area (Å²) in [5.74, 6) is 1.24. The first-order chi connectivity index (χ1) is 16.5. The summed E-state index contributed by atoms with van der Waals surface area (Å²) in [7, 11) is 0. The van der Waals surface area contributed by atoms with E-state index in [1.165, 1.54) is 4.80 Å². The van der Waals surface area contributed by atoms with E-state index in [1.807, 2.05) is 50.2 Å². The molecule has 1 N–H and O–H groups in total. The number of carbonyl (C=O) groups excluding carboxylic acids is 2. The second-order valence-electron chi connectivity index (χ2n) is 8.86. The fourth-order valence-corrected chi connectivity index (χ4v) is 4.40. The van der Waals surface area contributed by atoms with Gasteiger partial charge in [-0.15, -0.1) is 10.2 Å². The maximum Gasteiger partial charge on any atom is 0.247 e. The van der Waals surface area contributed by atoms with Gasteiger partial charge in [-0.3, -0.25) is 9.59 Å². The van der Waals surface area contributed by atoms with Crippen LogP contribution in [-0.4, -0.2) is 49.0 Å². The lowest BCUT2D eigenvalue weighted by molar-refractivity contribution is -0.142. The van der Waals surface area contributed by atoms with Gasteiger partial charge in [0.25, 0.3) is 0 Å². The van der Waals surface area contributed by atoms with Crippen molar-refractivity contribution in [2.75, 3.05) is 0 Å². The van der Waals surface area contributed by atoms with E-state index in [0.29, 0.717) is 24.6 Å². The third kappa shape index (κ3) is 5.89. The van der Waals surface area contributed by atoms with Gasteiger partial charge < -0.3 is 14.6 Å². The summed E-state index contributed by atoms with van der Waals surface area (Å²) in [6.07, 6.45) is 5.62. The molecule has 1 aliphatic carbocycles. The Morgan fingerprint density at radius 2 is 1.94 bits per heavy atom. The Morgan fingerprint density at radius 1 is 1.18 bits per heavy atom. The molecule has 1 aromatic carbocycles. The highest BCUT2D eigenvalue weighted by Crippen LogP contribution is 2.20. The number of furan rings is 1. The molecule has 0 unspecified atom stereocenters. The fraction of sp³-hybridized carbons (Fsp3) is 0.480. The Balaban J connectivity index is 1.54. The number of carbonyl (C=O) groups is 2. The zero-order chi connectivity index (χ0) is 23.9. The maximum absolute atomic E-state index is 13.5. The Labute approximate surface area is 199 Å². The molecular formula is C25H32N6O3. The minimum atomic E-state index is -0.561. The molecule has 1 aliphatic rings. The van der Waals surface area contributed by atoms with E-state index in [-0.39, 0.29) is 24.4 Å². The quantitative estimate of drug-likeness (QED) is 0.492. The van der Waals surface area contributed by atoms with Crippen molar-refractivity contribution in [1.82, 2.24) is 30.4 Å². The van der Waals surface area contributed by atoms with Crippen molar-refractivity contribution < 1.29 is 14.0 Å². The molecule has 1 atom stereocenters. The van der Waals surface area contributed by atoms with Crippen LogP contribution in [0.2, 0.25) is 0 Å². The van der Waals surface area contributed by atoms with Crippen molar-refractivity contribution in [3.05, 3.63) is 53.8 Å².